The molecule has 10 aromatic carbocycles. The fraction of sp³-hybridized carbons (Fsp3) is 0.0175. The molecule has 0 aliphatic heterocycles. The first kappa shape index (κ1) is 37.5. The summed E-state index contributed by atoms with van der Waals surface area (Å²) in [4.78, 5) is 0. The van der Waals surface area contributed by atoms with Crippen molar-refractivity contribution in [2.75, 3.05) is 0 Å². The third-order valence-electron chi connectivity index (χ3n) is 12.6. The van der Waals surface area contributed by atoms with Crippen molar-refractivity contribution in [3.63, 3.8) is 0 Å². The molecule has 14 aromatic rings. The first-order chi connectivity index (χ1) is 31.2. The molecule has 0 bridgehead atoms. The van der Waals surface area contributed by atoms with Gasteiger partial charge in [-0.05, 0) is 70.1 Å². The van der Waals surface area contributed by atoms with Gasteiger partial charge in [-0.2, -0.15) is 0 Å². The molecule has 0 unspecified atom stereocenters. The Morgan fingerprint density at radius 1 is 0.391 bits per heavy atom. The van der Waals surface area contributed by atoms with E-state index in [1.54, 1.807) is 0 Å². The summed E-state index contributed by atoms with van der Waals surface area (Å²) in [7, 11) is 0.699. The van der Waals surface area contributed by atoms with Crippen molar-refractivity contribution in [2.24, 2.45) is 0 Å². The van der Waals surface area contributed by atoms with Gasteiger partial charge in [0.15, 0.2) is 16.7 Å². The molecular weight excluding hydrogens is 787 g/mol. The second-order valence-corrected chi connectivity index (χ2v) is 15.9. The summed E-state index contributed by atoms with van der Waals surface area (Å²) in [5, 5.41) is 23.2. The van der Waals surface area contributed by atoms with E-state index in [4.69, 9.17) is 13.5 Å². The van der Waals surface area contributed by atoms with Crippen LogP contribution in [0.25, 0.3) is 120 Å². The van der Waals surface area contributed by atoms with Gasteiger partial charge in [-0.15, -0.1) is 0 Å². The largest absolute Gasteiger partial charge is 0.569 e. The van der Waals surface area contributed by atoms with Crippen molar-refractivity contribution in [1.82, 2.24) is 9.13 Å². The van der Waals surface area contributed by atoms with E-state index in [-0.39, 0.29) is 8.85 Å². The zero-order valence-corrected chi connectivity index (χ0v) is 33.7. The third-order valence-corrected chi connectivity index (χ3v) is 12.6. The first-order valence-corrected chi connectivity index (χ1v) is 21.0. The Balaban J connectivity index is 0.000000140. The Morgan fingerprint density at radius 3 is 1.34 bits per heavy atom. The predicted octanol–water partition coefficient (Wildman–Crippen LogP) is 15.5. The van der Waals surface area contributed by atoms with E-state index in [1.165, 1.54) is 48.7 Å². The zero-order valence-electron chi connectivity index (χ0n) is 33.7. The van der Waals surface area contributed by atoms with E-state index in [9.17, 15) is 5.02 Å². The highest BCUT2D eigenvalue weighted by atomic mass is 16.5. The number of rotatable bonds is 4. The third kappa shape index (κ3) is 5.44. The SMILES string of the molecule is C.O[B]Oc1cc2ccccc2c2c1oc1c(-n3c4ccccc4c4ccccc43)cccc12.[2HH].c1ccc2c(c1)ccc1oc3c(-n4c5ccccc5c5ccccc54)cccc3c12. The number of benzene rings is 10. The van der Waals surface area contributed by atoms with Crippen LogP contribution in [0, 0.1) is 0 Å². The number of para-hydroxylation sites is 6. The fourth-order valence-electron chi connectivity index (χ4n) is 10.0. The maximum absolute atomic E-state index is 9.37. The lowest BCUT2D eigenvalue weighted by Gasteiger charge is -2.08. The summed E-state index contributed by atoms with van der Waals surface area (Å²) in [5.74, 6) is 0.482. The molecule has 0 spiro atoms. The van der Waals surface area contributed by atoms with Gasteiger partial charge in [0.2, 0.25) is 0 Å². The predicted molar refractivity (Wildman–Crippen MR) is 269 cm³/mol. The topological polar surface area (TPSA) is 65.6 Å². The molecule has 0 saturated carbocycles. The normalized spacial score (nSPS) is 11.7. The second kappa shape index (κ2) is 14.7. The molecule has 1 radical (unpaired) electrons. The quantitative estimate of drug-likeness (QED) is 0.180. The van der Waals surface area contributed by atoms with Crippen LogP contribution in [-0.2, 0) is 0 Å². The van der Waals surface area contributed by atoms with Gasteiger partial charge in [0.05, 0.1) is 33.4 Å². The molecule has 6 nitrogen and oxygen atoms in total. The first-order valence-electron chi connectivity index (χ1n) is 21.0. The molecule has 0 amide bonds. The molecular formula is C57H40BN2O4. The lowest BCUT2D eigenvalue weighted by molar-refractivity contribution is 0.451. The van der Waals surface area contributed by atoms with Gasteiger partial charge in [-0.25, -0.2) is 0 Å². The number of aromatic nitrogens is 2. The minimum atomic E-state index is 0. The number of hydrogen-bond donors (Lipinski definition) is 1. The number of nitrogens with zero attached hydrogens (tertiary/aromatic N) is 2. The Morgan fingerprint density at radius 2 is 0.812 bits per heavy atom. The monoisotopic (exact) mass is 828 g/mol. The van der Waals surface area contributed by atoms with Crippen LogP contribution in [-0.4, -0.2) is 21.8 Å². The summed E-state index contributed by atoms with van der Waals surface area (Å²) in [6.45, 7) is 0. The molecule has 64 heavy (non-hydrogen) atoms. The van der Waals surface area contributed by atoms with E-state index in [2.05, 4.69) is 185 Å². The van der Waals surface area contributed by atoms with E-state index in [1.807, 2.05) is 24.3 Å². The van der Waals surface area contributed by atoms with E-state index in [0.29, 0.717) is 19.0 Å². The average molecular weight is 829 g/mol. The van der Waals surface area contributed by atoms with Crippen LogP contribution in [0.1, 0.15) is 8.85 Å². The molecule has 1 N–H and O–H groups in total. The van der Waals surface area contributed by atoms with Crippen LogP contribution in [0.15, 0.2) is 209 Å². The smallest absolute Gasteiger partial charge is 0.535 e. The Bertz CT molecular complexity index is 4040. The van der Waals surface area contributed by atoms with Crippen LogP contribution in [0.4, 0.5) is 0 Å². The molecule has 4 heterocycles. The van der Waals surface area contributed by atoms with Gasteiger partial charge in [-0.3, -0.25) is 0 Å². The van der Waals surface area contributed by atoms with Gasteiger partial charge in [-0.1, -0.05) is 159 Å². The molecule has 7 heteroatoms. The van der Waals surface area contributed by atoms with Gasteiger partial charge >= 0.3 is 7.69 Å². The maximum Gasteiger partial charge on any atom is 0.569 e. The standard InChI is InChI=1S/C28H17BNO3.C28H17NO.CH4.H2/c31-29-33-25-16-17-8-1-2-9-18(17)26-21-12-7-15-24(27(21)32-28(25)26)30-22-13-5-3-10-19(22)20-11-4-6-14-23(20)30;1-2-9-19-18(8-1)16-17-26-27(19)22-12-7-15-25(28(22)30-26)29-23-13-5-3-10-20(23)21-11-4-6-14-24(21)29;;/h1-16,31H;1-17H;1H4;1H/i;;;1+1. The van der Waals surface area contributed by atoms with Crippen LogP contribution in [0.2, 0.25) is 0 Å². The Hall–Kier alpha value is -8.26. The molecule has 0 saturated heterocycles. The number of hydrogen-bond acceptors (Lipinski definition) is 4. The molecule has 14 rings (SSSR count). The van der Waals surface area contributed by atoms with Crippen molar-refractivity contribution in [3.8, 4) is 17.1 Å². The van der Waals surface area contributed by atoms with Gasteiger partial charge in [0.1, 0.15) is 11.3 Å². The summed E-state index contributed by atoms with van der Waals surface area (Å²) in [5.41, 5.74) is 9.91. The number of furan rings is 2. The van der Waals surface area contributed by atoms with Gasteiger partial charge in [0.25, 0.3) is 0 Å². The van der Waals surface area contributed by atoms with Crippen molar-refractivity contribution < 1.29 is 19.9 Å². The van der Waals surface area contributed by atoms with Crippen molar-refractivity contribution in [2.45, 2.75) is 7.43 Å². The zero-order chi connectivity index (χ0) is 41.6. The van der Waals surface area contributed by atoms with Crippen molar-refractivity contribution in [1.29, 1.82) is 0 Å². The minimum absolute atomic E-state index is 0. The fourth-order valence-corrected chi connectivity index (χ4v) is 10.0. The van der Waals surface area contributed by atoms with Crippen molar-refractivity contribution >= 4 is 117 Å². The summed E-state index contributed by atoms with van der Waals surface area (Å²) in [6.07, 6.45) is 0. The lowest BCUT2D eigenvalue weighted by atomic mass is 10.0. The highest BCUT2D eigenvalue weighted by Crippen LogP contribution is 2.44. The molecule has 0 fully saturated rings. The maximum atomic E-state index is 9.37. The lowest BCUT2D eigenvalue weighted by Crippen LogP contribution is -1.99. The van der Waals surface area contributed by atoms with Crippen LogP contribution in [0.5, 0.6) is 5.75 Å². The highest BCUT2D eigenvalue weighted by Gasteiger charge is 2.22. The van der Waals surface area contributed by atoms with Crippen LogP contribution < -0.4 is 4.65 Å². The Kier molecular flexibility index (Phi) is 8.61. The molecule has 4 aromatic heterocycles. The molecule has 0 atom stereocenters. The minimum Gasteiger partial charge on any atom is -0.535 e. The van der Waals surface area contributed by atoms with E-state index < -0.39 is 0 Å². The molecule has 305 valence electrons. The van der Waals surface area contributed by atoms with E-state index in [0.717, 1.165) is 66.1 Å². The van der Waals surface area contributed by atoms with E-state index >= 15 is 0 Å². The average Bonchev–Trinajstić information content (AvgIpc) is 4.10. The van der Waals surface area contributed by atoms with Gasteiger partial charge in [0, 0.05) is 44.5 Å². The number of fused-ring (bicyclic) bond motifs is 16. The van der Waals surface area contributed by atoms with Crippen LogP contribution >= 0.6 is 0 Å². The second-order valence-electron chi connectivity index (χ2n) is 15.9. The summed E-state index contributed by atoms with van der Waals surface area (Å²) in [6, 6.07) is 69.5. The molecule has 0 aliphatic carbocycles. The van der Waals surface area contributed by atoms with Crippen LogP contribution in [0.3, 0.4) is 0 Å². The summed E-state index contributed by atoms with van der Waals surface area (Å²) >= 11 is 0. The van der Waals surface area contributed by atoms with Gasteiger partial charge < -0.3 is 27.6 Å². The summed E-state index contributed by atoms with van der Waals surface area (Å²) < 4.78 is 23.1. The molecule has 0 aliphatic rings. The van der Waals surface area contributed by atoms with Crippen molar-refractivity contribution in [3.05, 3.63) is 200 Å². The Labute approximate surface area is 369 Å². The highest BCUT2D eigenvalue weighted by molar-refractivity contribution is 6.24.